The molecule has 0 saturated heterocycles. The fraction of sp³-hybridized carbons (Fsp3) is 0.208. The Bertz CT molecular complexity index is 1090. The van der Waals surface area contributed by atoms with E-state index >= 15 is 0 Å². The molecule has 0 aromatic heterocycles. The minimum Gasteiger partial charge on any atom is -0.493 e. The number of rotatable bonds is 9. The van der Waals surface area contributed by atoms with Crippen molar-refractivity contribution in [1.29, 1.82) is 0 Å². The predicted molar refractivity (Wildman–Crippen MR) is 126 cm³/mol. The molecular formula is C24H22BrClFNO4. The Balaban J connectivity index is 1.78. The molecule has 3 aromatic rings. The summed E-state index contributed by atoms with van der Waals surface area (Å²) >= 11 is 9.70. The topological polar surface area (TPSA) is 56.8 Å². The van der Waals surface area contributed by atoms with Gasteiger partial charge >= 0.3 is 5.97 Å². The van der Waals surface area contributed by atoms with Crippen molar-refractivity contribution in [2.75, 3.05) is 19.0 Å². The number of hydrogen-bond donors (Lipinski definition) is 1. The maximum absolute atomic E-state index is 13.3. The molecule has 0 saturated carbocycles. The molecule has 0 heterocycles. The molecule has 0 amide bonds. The predicted octanol–water partition coefficient (Wildman–Crippen LogP) is 6.62. The molecule has 0 bridgehead atoms. The van der Waals surface area contributed by atoms with Gasteiger partial charge in [-0.2, -0.15) is 0 Å². The summed E-state index contributed by atoms with van der Waals surface area (Å²) in [4.78, 5) is 11.8. The van der Waals surface area contributed by atoms with Gasteiger partial charge in [0.2, 0.25) is 0 Å². The average Bonchev–Trinajstić information content (AvgIpc) is 2.78. The van der Waals surface area contributed by atoms with Gasteiger partial charge < -0.3 is 19.5 Å². The van der Waals surface area contributed by atoms with E-state index in [1.807, 2.05) is 6.07 Å². The number of benzene rings is 3. The third kappa shape index (κ3) is 5.93. The van der Waals surface area contributed by atoms with E-state index in [-0.39, 0.29) is 12.6 Å². The molecule has 0 spiro atoms. The molecule has 0 radical (unpaired) electrons. The van der Waals surface area contributed by atoms with Crippen LogP contribution in [-0.2, 0) is 17.9 Å². The minimum atomic E-state index is -0.405. The van der Waals surface area contributed by atoms with Crippen molar-refractivity contribution in [3.8, 4) is 11.5 Å². The van der Waals surface area contributed by atoms with Crippen LogP contribution in [0.3, 0.4) is 0 Å². The van der Waals surface area contributed by atoms with E-state index < -0.39 is 5.82 Å². The average molecular weight is 523 g/mol. The molecule has 168 valence electrons. The fourth-order valence-corrected chi connectivity index (χ4v) is 3.66. The van der Waals surface area contributed by atoms with Crippen LogP contribution in [0.5, 0.6) is 11.5 Å². The van der Waals surface area contributed by atoms with Gasteiger partial charge in [0.25, 0.3) is 0 Å². The number of ether oxygens (including phenoxy) is 3. The number of carbonyl (C=O) groups excluding carboxylic acids is 1. The van der Waals surface area contributed by atoms with Gasteiger partial charge in [0.15, 0.2) is 11.5 Å². The van der Waals surface area contributed by atoms with E-state index in [0.717, 1.165) is 15.7 Å². The number of halogens is 3. The van der Waals surface area contributed by atoms with Crippen molar-refractivity contribution in [2.24, 2.45) is 0 Å². The molecule has 1 N–H and O–H groups in total. The standard InChI is InChI=1S/C24H22BrClFNO4/c1-3-31-24(29)15-5-8-18(9-6-15)28-13-19-20(25)10-11-22(30-2)23(19)32-14-16-4-7-17(27)12-21(16)26/h4-12,28H,3,13-14H2,1-2H3. The van der Waals surface area contributed by atoms with Crippen LogP contribution in [0.2, 0.25) is 5.02 Å². The van der Waals surface area contributed by atoms with Gasteiger partial charge in [0.05, 0.1) is 24.3 Å². The largest absolute Gasteiger partial charge is 0.493 e. The summed E-state index contributed by atoms with van der Waals surface area (Å²) in [5.41, 5.74) is 2.79. The fourth-order valence-electron chi connectivity index (χ4n) is 2.98. The van der Waals surface area contributed by atoms with Crippen molar-refractivity contribution in [3.63, 3.8) is 0 Å². The Morgan fingerprint density at radius 2 is 1.88 bits per heavy atom. The maximum atomic E-state index is 13.3. The number of hydrogen-bond acceptors (Lipinski definition) is 5. The Morgan fingerprint density at radius 1 is 1.12 bits per heavy atom. The second-order valence-electron chi connectivity index (χ2n) is 6.73. The summed E-state index contributed by atoms with van der Waals surface area (Å²) in [6.07, 6.45) is 0. The SMILES string of the molecule is CCOC(=O)c1ccc(NCc2c(Br)ccc(OC)c2OCc2ccc(F)cc2Cl)cc1. The Morgan fingerprint density at radius 3 is 2.53 bits per heavy atom. The lowest BCUT2D eigenvalue weighted by molar-refractivity contribution is 0.0526. The third-order valence-electron chi connectivity index (χ3n) is 4.64. The van der Waals surface area contributed by atoms with Crippen LogP contribution >= 0.6 is 27.5 Å². The van der Waals surface area contributed by atoms with Gasteiger partial charge in [-0.25, -0.2) is 9.18 Å². The van der Waals surface area contributed by atoms with Crippen LogP contribution in [-0.4, -0.2) is 19.7 Å². The monoisotopic (exact) mass is 521 g/mol. The molecule has 0 aliphatic rings. The molecule has 0 aliphatic heterocycles. The van der Waals surface area contributed by atoms with Gasteiger partial charge in [-0.1, -0.05) is 33.6 Å². The number of anilines is 1. The van der Waals surface area contributed by atoms with Gasteiger partial charge in [-0.15, -0.1) is 0 Å². The lowest BCUT2D eigenvalue weighted by Gasteiger charge is -2.18. The van der Waals surface area contributed by atoms with Gasteiger partial charge in [0.1, 0.15) is 12.4 Å². The molecule has 8 heteroatoms. The molecular weight excluding hydrogens is 501 g/mol. The van der Waals surface area contributed by atoms with E-state index in [0.29, 0.717) is 40.8 Å². The van der Waals surface area contributed by atoms with Crippen molar-refractivity contribution < 1.29 is 23.4 Å². The van der Waals surface area contributed by atoms with Crippen molar-refractivity contribution in [1.82, 2.24) is 0 Å². The lowest BCUT2D eigenvalue weighted by Crippen LogP contribution is -2.07. The Hall–Kier alpha value is -2.77. The highest BCUT2D eigenvalue weighted by Crippen LogP contribution is 2.37. The Kier molecular flexibility index (Phi) is 8.36. The van der Waals surface area contributed by atoms with Crippen LogP contribution in [0.1, 0.15) is 28.4 Å². The first-order valence-electron chi connectivity index (χ1n) is 9.86. The number of nitrogens with one attached hydrogen (secondary N) is 1. The van der Waals surface area contributed by atoms with Gasteiger partial charge in [0, 0.05) is 27.8 Å². The van der Waals surface area contributed by atoms with Gasteiger partial charge in [-0.05, 0) is 55.5 Å². The second kappa shape index (κ2) is 11.2. The quantitative estimate of drug-likeness (QED) is 0.320. The Labute approximate surface area is 199 Å². The lowest BCUT2D eigenvalue weighted by atomic mass is 10.1. The van der Waals surface area contributed by atoms with E-state index in [9.17, 15) is 9.18 Å². The first kappa shape index (κ1) is 23.9. The molecule has 0 atom stereocenters. The van der Waals surface area contributed by atoms with E-state index in [1.54, 1.807) is 50.4 Å². The zero-order chi connectivity index (χ0) is 23.1. The highest BCUT2D eigenvalue weighted by molar-refractivity contribution is 9.10. The number of esters is 1. The molecule has 5 nitrogen and oxygen atoms in total. The van der Waals surface area contributed by atoms with Crippen molar-refractivity contribution in [3.05, 3.63) is 86.6 Å². The highest BCUT2D eigenvalue weighted by Gasteiger charge is 2.16. The minimum absolute atomic E-state index is 0.146. The van der Waals surface area contributed by atoms with Crippen LogP contribution < -0.4 is 14.8 Å². The first-order chi connectivity index (χ1) is 15.4. The van der Waals surface area contributed by atoms with Crippen LogP contribution in [0.15, 0.2) is 59.1 Å². The van der Waals surface area contributed by atoms with Crippen LogP contribution in [0.25, 0.3) is 0 Å². The third-order valence-corrected chi connectivity index (χ3v) is 5.73. The van der Waals surface area contributed by atoms with E-state index in [1.165, 1.54) is 12.1 Å². The molecule has 3 rings (SSSR count). The summed E-state index contributed by atoms with van der Waals surface area (Å²) in [6.45, 7) is 2.66. The normalized spacial score (nSPS) is 10.5. The number of methoxy groups -OCH3 is 1. The maximum Gasteiger partial charge on any atom is 0.338 e. The first-order valence-corrected chi connectivity index (χ1v) is 11.0. The summed E-state index contributed by atoms with van der Waals surface area (Å²) in [6, 6.07) is 14.9. The van der Waals surface area contributed by atoms with Gasteiger partial charge in [-0.3, -0.25) is 0 Å². The zero-order valence-corrected chi connectivity index (χ0v) is 19.9. The molecule has 3 aromatic carbocycles. The van der Waals surface area contributed by atoms with E-state index in [4.69, 9.17) is 25.8 Å². The molecule has 32 heavy (non-hydrogen) atoms. The summed E-state index contributed by atoms with van der Waals surface area (Å²) < 4.78 is 30.7. The van der Waals surface area contributed by atoms with Crippen molar-refractivity contribution >= 4 is 39.2 Å². The smallest absolute Gasteiger partial charge is 0.338 e. The summed E-state index contributed by atoms with van der Waals surface area (Å²) in [5.74, 6) is 0.334. The molecule has 0 fully saturated rings. The summed E-state index contributed by atoms with van der Waals surface area (Å²) in [7, 11) is 1.56. The molecule has 0 unspecified atom stereocenters. The number of carbonyl (C=O) groups is 1. The van der Waals surface area contributed by atoms with Crippen LogP contribution in [0, 0.1) is 5.82 Å². The molecule has 0 aliphatic carbocycles. The second-order valence-corrected chi connectivity index (χ2v) is 7.99. The van der Waals surface area contributed by atoms with E-state index in [2.05, 4.69) is 21.2 Å². The zero-order valence-electron chi connectivity index (χ0n) is 17.6. The van der Waals surface area contributed by atoms with Crippen LogP contribution in [0.4, 0.5) is 10.1 Å². The van der Waals surface area contributed by atoms with Crippen molar-refractivity contribution in [2.45, 2.75) is 20.1 Å². The summed E-state index contributed by atoms with van der Waals surface area (Å²) in [5, 5.41) is 3.61. The highest BCUT2D eigenvalue weighted by atomic mass is 79.9.